The van der Waals surface area contributed by atoms with Crippen LogP contribution in [0.1, 0.15) is 97.3 Å². The molecule has 4 nitrogen and oxygen atoms in total. The molecule has 0 bridgehead atoms. The first-order valence-corrected chi connectivity index (χ1v) is 14.7. The summed E-state index contributed by atoms with van der Waals surface area (Å²) in [5, 5.41) is 0. The molecule has 0 aromatic carbocycles. The highest BCUT2D eigenvalue weighted by Gasteiger charge is 2.29. The summed E-state index contributed by atoms with van der Waals surface area (Å²) in [4.78, 5) is 0. The van der Waals surface area contributed by atoms with Crippen LogP contribution in [-0.2, 0) is 18.3 Å². The lowest BCUT2D eigenvalue weighted by Gasteiger charge is -2.25. The molecule has 1 aliphatic rings. The predicted octanol–water partition coefficient (Wildman–Crippen LogP) is 6.62. The van der Waals surface area contributed by atoms with Crippen molar-refractivity contribution in [2.45, 2.75) is 116 Å². The van der Waals surface area contributed by atoms with E-state index >= 15 is 0 Å². The number of epoxide rings is 1. The standard InChI is InChI=1S/C23H48O4Si/c1-4-26-28(3,27-5-2)20-18-16-14-12-10-8-6-7-9-11-13-15-17-19-24-21-23-22-25-23/h23H,4-22H2,1-3H3. The SMILES string of the molecule is CCO[Si](C)(CCCCCCCCCCCCCCCOCC1CO1)OCC. The molecule has 1 rings (SSSR count). The maximum absolute atomic E-state index is 5.91. The average Bonchev–Trinajstić information content (AvgIpc) is 3.49. The predicted molar refractivity (Wildman–Crippen MR) is 120 cm³/mol. The Kier molecular flexibility index (Phi) is 16.7. The summed E-state index contributed by atoms with van der Waals surface area (Å²) in [6.45, 7) is 10.6. The van der Waals surface area contributed by atoms with E-state index in [9.17, 15) is 0 Å². The second-order valence-corrected chi connectivity index (χ2v) is 11.7. The van der Waals surface area contributed by atoms with Crippen molar-refractivity contribution in [1.82, 2.24) is 0 Å². The molecule has 1 aliphatic heterocycles. The van der Waals surface area contributed by atoms with Crippen LogP contribution in [0.3, 0.4) is 0 Å². The van der Waals surface area contributed by atoms with Gasteiger partial charge in [-0.05, 0) is 32.9 Å². The Morgan fingerprint density at radius 3 is 1.57 bits per heavy atom. The molecule has 5 heteroatoms. The highest BCUT2D eigenvalue weighted by molar-refractivity contribution is 6.66. The third-order valence-corrected chi connectivity index (χ3v) is 8.59. The fraction of sp³-hybridized carbons (Fsp3) is 1.00. The van der Waals surface area contributed by atoms with Gasteiger partial charge in [0.15, 0.2) is 0 Å². The minimum absolute atomic E-state index is 0.415. The summed E-state index contributed by atoms with van der Waals surface area (Å²) in [5.41, 5.74) is 0. The Morgan fingerprint density at radius 1 is 0.714 bits per heavy atom. The lowest BCUT2D eigenvalue weighted by atomic mass is 10.0. The van der Waals surface area contributed by atoms with Gasteiger partial charge in [-0.15, -0.1) is 0 Å². The Balaban J connectivity index is 1.73. The summed E-state index contributed by atoms with van der Waals surface area (Å²) >= 11 is 0. The van der Waals surface area contributed by atoms with E-state index in [0.29, 0.717) is 6.10 Å². The van der Waals surface area contributed by atoms with Crippen LogP contribution in [0.15, 0.2) is 0 Å². The summed E-state index contributed by atoms with van der Waals surface area (Å²) < 4.78 is 22.5. The molecule has 28 heavy (non-hydrogen) atoms. The average molecular weight is 417 g/mol. The molecule has 1 atom stereocenters. The molecule has 0 aliphatic carbocycles. The van der Waals surface area contributed by atoms with Gasteiger partial charge in [0, 0.05) is 19.8 Å². The summed E-state index contributed by atoms with van der Waals surface area (Å²) in [5.74, 6) is 0. The van der Waals surface area contributed by atoms with Crippen LogP contribution in [0.2, 0.25) is 12.6 Å². The van der Waals surface area contributed by atoms with Gasteiger partial charge < -0.3 is 18.3 Å². The monoisotopic (exact) mass is 416 g/mol. The van der Waals surface area contributed by atoms with Gasteiger partial charge in [0.1, 0.15) is 6.10 Å². The highest BCUT2D eigenvalue weighted by Crippen LogP contribution is 2.19. The minimum atomic E-state index is -1.87. The minimum Gasteiger partial charge on any atom is -0.395 e. The Bertz CT molecular complexity index is 331. The molecule has 0 amide bonds. The quantitative estimate of drug-likeness (QED) is 0.113. The third kappa shape index (κ3) is 15.9. The summed E-state index contributed by atoms with van der Waals surface area (Å²) in [6.07, 6.45) is 18.2. The first kappa shape index (κ1) is 26.1. The second kappa shape index (κ2) is 17.9. The van der Waals surface area contributed by atoms with E-state index in [0.717, 1.165) is 39.1 Å². The van der Waals surface area contributed by atoms with Gasteiger partial charge >= 0.3 is 8.56 Å². The fourth-order valence-electron chi connectivity index (χ4n) is 3.77. The Morgan fingerprint density at radius 2 is 1.14 bits per heavy atom. The van der Waals surface area contributed by atoms with E-state index in [1.54, 1.807) is 0 Å². The molecule has 0 aromatic rings. The van der Waals surface area contributed by atoms with E-state index < -0.39 is 8.56 Å². The van der Waals surface area contributed by atoms with Gasteiger partial charge in [0.25, 0.3) is 0 Å². The maximum atomic E-state index is 5.91. The Hall–Kier alpha value is 0.0569. The van der Waals surface area contributed by atoms with Crippen LogP contribution in [0.4, 0.5) is 0 Å². The van der Waals surface area contributed by atoms with Crippen molar-refractivity contribution in [2.24, 2.45) is 0 Å². The molecule has 1 heterocycles. The van der Waals surface area contributed by atoms with Crippen LogP contribution >= 0.6 is 0 Å². The van der Waals surface area contributed by atoms with Crippen LogP contribution in [0.25, 0.3) is 0 Å². The molecule has 0 aromatic heterocycles. The molecular formula is C23H48O4Si. The molecule has 1 fully saturated rings. The molecule has 0 saturated carbocycles. The van der Waals surface area contributed by atoms with Gasteiger partial charge in [-0.25, -0.2) is 0 Å². The van der Waals surface area contributed by atoms with Crippen molar-refractivity contribution in [3.05, 3.63) is 0 Å². The zero-order valence-corrected chi connectivity index (χ0v) is 20.1. The van der Waals surface area contributed by atoms with Crippen LogP contribution < -0.4 is 0 Å². The fourth-order valence-corrected chi connectivity index (χ4v) is 6.26. The zero-order valence-electron chi connectivity index (χ0n) is 19.1. The lowest BCUT2D eigenvalue weighted by Crippen LogP contribution is -2.38. The largest absolute Gasteiger partial charge is 0.395 e. The van der Waals surface area contributed by atoms with Crippen molar-refractivity contribution in [3.8, 4) is 0 Å². The molecule has 1 unspecified atom stereocenters. The van der Waals surface area contributed by atoms with E-state index in [2.05, 4.69) is 20.4 Å². The number of hydrogen-bond donors (Lipinski definition) is 0. The van der Waals surface area contributed by atoms with E-state index in [-0.39, 0.29) is 0 Å². The second-order valence-electron chi connectivity index (χ2n) is 8.38. The molecular weight excluding hydrogens is 368 g/mol. The molecule has 0 spiro atoms. The van der Waals surface area contributed by atoms with Crippen LogP contribution in [0, 0.1) is 0 Å². The first-order chi connectivity index (χ1) is 13.7. The zero-order chi connectivity index (χ0) is 20.3. The van der Waals surface area contributed by atoms with E-state index in [1.807, 2.05) is 0 Å². The van der Waals surface area contributed by atoms with Crippen molar-refractivity contribution in [2.75, 3.05) is 33.0 Å². The number of ether oxygens (including phenoxy) is 2. The third-order valence-electron chi connectivity index (χ3n) is 5.53. The van der Waals surface area contributed by atoms with Crippen molar-refractivity contribution in [3.63, 3.8) is 0 Å². The molecule has 168 valence electrons. The smallest absolute Gasteiger partial charge is 0.334 e. The van der Waals surface area contributed by atoms with Gasteiger partial charge in [-0.3, -0.25) is 0 Å². The van der Waals surface area contributed by atoms with Crippen LogP contribution in [0.5, 0.6) is 0 Å². The number of unbranched alkanes of at least 4 members (excludes halogenated alkanes) is 12. The lowest BCUT2D eigenvalue weighted by molar-refractivity contribution is 0.113. The maximum Gasteiger partial charge on any atom is 0.334 e. The number of rotatable bonds is 22. The summed E-state index contributed by atoms with van der Waals surface area (Å²) in [6, 6.07) is 1.15. The van der Waals surface area contributed by atoms with Gasteiger partial charge in [0.2, 0.25) is 0 Å². The Labute approximate surface area is 176 Å². The van der Waals surface area contributed by atoms with E-state index in [4.69, 9.17) is 18.3 Å². The molecule has 0 N–H and O–H groups in total. The van der Waals surface area contributed by atoms with Crippen molar-refractivity contribution in [1.29, 1.82) is 0 Å². The van der Waals surface area contributed by atoms with Crippen LogP contribution in [-0.4, -0.2) is 47.7 Å². The van der Waals surface area contributed by atoms with Gasteiger partial charge in [-0.1, -0.05) is 77.0 Å². The van der Waals surface area contributed by atoms with Gasteiger partial charge in [0.05, 0.1) is 13.2 Å². The highest BCUT2D eigenvalue weighted by atomic mass is 28.4. The van der Waals surface area contributed by atoms with Gasteiger partial charge in [-0.2, -0.15) is 0 Å². The van der Waals surface area contributed by atoms with E-state index in [1.165, 1.54) is 83.5 Å². The summed E-state index contributed by atoms with van der Waals surface area (Å²) in [7, 11) is -1.87. The normalized spacial score (nSPS) is 16.6. The number of hydrogen-bond acceptors (Lipinski definition) is 4. The molecule has 0 radical (unpaired) electrons. The topological polar surface area (TPSA) is 40.2 Å². The van der Waals surface area contributed by atoms with Crippen molar-refractivity contribution < 1.29 is 18.3 Å². The molecule has 1 saturated heterocycles. The van der Waals surface area contributed by atoms with Crippen molar-refractivity contribution >= 4 is 8.56 Å². The first-order valence-electron chi connectivity index (χ1n) is 12.2.